The van der Waals surface area contributed by atoms with E-state index in [1.807, 2.05) is 26.1 Å². The Labute approximate surface area is 252 Å². The average Bonchev–Trinajstić information content (AvgIpc) is 3.37. The molecule has 0 spiro atoms. The van der Waals surface area contributed by atoms with Crippen LogP contribution in [0.5, 0.6) is 11.5 Å². The van der Waals surface area contributed by atoms with Gasteiger partial charge >= 0.3 is 0 Å². The lowest BCUT2D eigenvalue weighted by Gasteiger charge is -2.30. The maximum Gasteiger partial charge on any atom is 0.242 e. The normalized spacial score (nSPS) is 12.3. The molecule has 0 heterocycles. The zero-order chi connectivity index (χ0) is 27.8. The number of nitrogens with one attached hydrogen (secondary N) is 2. The first-order valence-electron chi connectivity index (χ1n) is 13.1. The molecule has 3 aromatic rings. The number of carbonyl (C=O) groups is 2. The van der Waals surface area contributed by atoms with Crippen molar-refractivity contribution in [2.45, 2.75) is 25.8 Å². The highest BCUT2D eigenvalue weighted by Crippen LogP contribution is 2.35. The molecule has 10 heteroatoms. The molecule has 3 aromatic carbocycles. The van der Waals surface area contributed by atoms with E-state index in [0.29, 0.717) is 40.3 Å². The van der Waals surface area contributed by atoms with Crippen LogP contribution in [-0.4, -0.2) is 62.5 Å². The molecule has 0 atom stereocenters. The van der Waals surface area contributed by atoms with E-state index >= 15 is 0 Å². The first-order chi connectivity index (χ1) is 18.8. The standard InChI is InChI=1S/C30H34Cl2N4O3.ClH/c1-3-33-14-15-34-29(37)19-36(20-30(38)35(2)25-16-21-6-4-5-7-22(21)17-25)27-18-24(32)10-13-28(27)39-26-11-8-23(31)9-12-26;/h4-13,18,25,33H,3,14-17,19-20H2,1-2H3,(H,34,37);1H. The quantitative estimate of drug-likeness (QED) is 0.272. The van der Waals surface area contributed by atoms with Gasteiger partial charge in [0.1, 0.15) is 5.75 Å². The number of carbonyl (C=O) groups excluding carboxylic acids is 2. The van der Waals surface area contributed by atoms with Gasteiger partial charge < -0.3 is 25.2 Å². The van der Waals surface area contributed by atoms with Crippen molar-refractivity contribution < 1.29 is 14.3 Å². The largest absolute Gasteiger partial charge is 0.455 e. The van der Waals surface area contributed by atoms with E-state index in [1.165, 1.54) is 11.1 Å². The Balaban J connectivity index is 0.00000441. The van der Waals surface area contributed by atoms with Gasteiger partial charge in [-0.05, 0) is 73.0 Å². The first-order valence-corrected chi connectivity index (χ1v) is 13.9. The number of benzene rings is 3. The molecule has 214 valence electrons. The third kappa shape index (κ3) is 8.51. The van der Waals surface area contributed by atoms with Crippen molar-refractivity contribution in [2.24, 2.45) is 0 Å². The summed E-state index contributed by atoms with van der Waals surface area (Å²) in [6.07, 6.45) is 1.62. The van der Waals surface area contributed by atoms with E-state index in [0.717, 1.165) is 19.4 Å². The van der Waals surface area contributed by atoms with Crippen molar-refractivity contribution in [2.75, 3.05) is 44.7 Å². The molecule has 4 rings (SSSR count). The molecular weight excluding hydrogens is 571 g/mol. The topological polar surface area (TPSA) is 73.9 Å². The van der Waals surface area contributed by atoms with Gasteiger partial charge in [0.05, 0.1) is 18.8 Å². The lowest BCUT2D eigenvalue weighted by atomic mass is 10.1. The molecule has 0 bridgehead atoms. The minimum Gasteiger partial charge on any atom is -0.455 e. The van der Waals surface area contributed by atoms with Crippen molar-refractivity contribution in [3.05, 3.63) is 87.9 Å². The van der Waals surface area contributed by atoms with Crippen LogP contribution < -0.4 is 20.3 Å². The molecule has 0 fully saturated rings. The summed E-state index contributed by atoms with van der Waals surface area (Å²) in [6.45, 7) is 3.93. The van der Waals surface area contributed by atoms with Gasteiger partial charge in [-0.15, -0.1) is 12.4 Å². The van der Waals surface area contributed by atoms with E-state index in [1.54, 1.807) is 52.3 Å². The first kappa shape index (κ1) is 31.6. The van der Waals surface area contributed by atoms with Crippen LogP contribution in [0.2, 0.25) is 10.0 Å². The lowest BCUT2D eigenvalue weighted by molar-refractivity contribution is -0.130. The fraction of sp³-hybridized carbons (Fsp3) is 0.333. The molecule has 0 aliphatic heterocycles. The highest BCUT2D eigenvalue weighted by molar-refractivity contribution is 6.31. The predicted octanol–water partition coefficient (Wildman–Crippen LogP) is 5.37. The highest BCUT2D eigenvalue weighted by atomic mass is 35.5. The van der Waals surface area contributed by atoms with Gasteiger partial charge in [-0.1, -0.05) is 54.4 Å². The molecule has 2 N–H and O–H groups in total. The minimum atomic E-state index is -0.200. The van der Waals surface area contributed by atoms with Crippen LogP contribution >= 0.6 is 35.6 Å². The molecule has 0 saturated heterocycles. The number of fused-ring (bicyclic) bond motifs is 1. The van der Waals surface area contributed by atoms with Crippen LogP contribution in [0.3, 0.4) is 0 Å². The Morgan fingerprint density at radius 2 is 1.57 bits per heavy atom. The number of likely N-dealkylation sites (N-methyl/N-ethyl adjacent to an activating group) is 2. The Morgan fingerprint density at radius 3 is 2.23 bits per heavy atom. The molecule has 0 unspecified atom stereocenters. The molecule has 40 heavy (non-hydrogen) atoms. The monoisotopic (exact) mass is 604 g/mol. The fourth-order valence-electron chi connectivity index (χ4n) is 4.66. The Hall–Kier alpha value is -2.97. The summed E-state index contributed by atoms with van der Waals surface area (Å²) in [5.41, 5.74) is 3.09. The second kappa shape index (κ2) is 15.1. The second-order valence-electron chi connectivity index (χ2n) is 9.56. The number of hydrogen-bond donors (Lipinski definition) is 2. The summed E-state index contributed by atoms with van der Waals surface area (Å²) in [5.74, 6) is 0.760. The zero-order valence-corrected chi connectivity index (χ0v) is 25.0. The van der Waals surface area contributed by atoms with Crippen LogP contribution in [0.4, 0.5) is 5.69 Å². The minimum absolute atomic E-state index is 0. The fourth-order valence-corrected chi connectivity index (χ4v) is 4.96. The van der Waals surface area contributed by atoms with Crippen LogP contribution in [0.25, 0.3) is 0 Å². The summed E-state index contributed by atoms with van der Waals surface area (Å²) in [6, 6.07) is 20.5. The number of hydrogen-bond acceptors (Lipinski definition) is 5. The summed E-state index contributed by atoms with van der Waals surface area (Å²) in [4.78, 5) is 30.1. The number of amides is 2. The van der Waals surface area contributed by atoms with Gasteiger partial charge in [0, 0.05) is 36.2 Å². The number of halogens is 3. The molecule has 0 aromatic heterocycles. The molecular formula is C30H35Cl3N4O3. The molecule has 0 radical (unpaired) electrons. The van der Waals surface area contributed by atoms with E-state index in [4.69, 9.17) is 27.9 Å². The molecule has 1 aliphatic carbocycles. The smallest absolute Gasteiger partial charge is 0.242 e. The van der Waals surface area contributed by atoms with Crippen LogP contribution in [0.1, 0.15) is 18.1 Å². The van der Waals surface area contributed by atoms with E-state index < -0.39 is 0 Å². The summed E-state index contributed by atoms with van der Waals surface area (Å²) >= 11 is 12.4. The van der Waals surface area contributed by atoms with E-state index in [2.05, 4.69) is 22.8 Å². The SMILES string of the molecule is CCNCCNC(=O)CN(CC(=O)N(C)C1Cc2ccccc2C1)c1cc(Cl)ccc1Oc1ccc(Cl)cc1.Cl. The average molecular weight is 606 g/mol. The number of anilines is 1. The maximum atomic E-state index is 13.6. The number of nitrogens with zero attached hydrogens (tertiary/aromatic N) is 2. The summed E-state index contributed by atoms with van der Waals surface area (Å²) in [7, 11) is 1.83. The number of ether oxygens (including phenoxy) is 1. The maximum absolute atomic E-state index is 13.6. The summed E-state index contributed by atoms with van der Waals surface area (Å²) in [5, 5.41) is 7.17. The van der Waals surface area contributed by atoms with Gasteiger partial charge in [0.25, 0.3) is 0 Å². The third-order valence-electron chi connectivity index (χ3n) is 6.81. The van der Waals surface area contributed by atoms with Crippen molar-refractivity contribution in [1.29, 1.82) is 0 Å². The van der Waals surface area contributed by atoms with Gasteiger partial charge in [-0.2, -0.15) is 0 Å². The van der Waals surface area contributed by atoms with Crippen molar-refractivity contribution in [3.8, 4) is 11.5 Å². The molecule has 1 aliphatic rings. The van der Waals surface area contributed by atoms with E-state index in [9.17, 15) is 9.59 Å². The highest BCUT2D eigenvalue weighted by Gasteiger charge is 2.29. The predicted molar refractivity (Wildman–Crippen MR) is 164 cm³/mol. The van der Waals surface area contributed by atoms with Crippen LogP contribution in [0.15, 0.2) is 66.7 Å². The Kier molecular flexibility index (Phi) is 11.9. The lowest BCUT2D eigenvalue weighted by Crippen LogP contribution is -2.47. The molecule has 0 saturated carbocycles. The Bertz CT molecular complexity index is 1260. The van der Waals surface area contributed by atoms with Crippen LogP contribution in [-0.2, 0) is 22.4 Å². The summed E-state index contributed by atoms with van der Waals surface area (Å²) < 4.78 is 6.15. The van der Waals surface area contributed by atoms with Crippen molar-refractivity contribution in [3.63, 3.8) is 0 Å². The van der Waals surface area contributed by atoms with Gasteiger partial charge in [0.15, 0.2) is 5.75 Å². The second-order valence-corrected chi connectivity index (χ2v) is 10.4. The van der Waals surface area contributed by atoms with Crippen molar-refractivity contribution in [1.82, 2.24) is 15.5 Å². The molecule has 7 nitrogen and oxygen atoms in total. The van der Waals surface area contributed by atoms with Crippen molar-refractivity contribution >= 4 is 53.1 Å². The molecule has 2 amide bonds. The van der Waals surface area contributed by atoms with Crippen LogP contribution in [0, 0.1) is 0 Å². The van der Waals surface area contributed by atoms with Gasteiger partial charge in [-0.25, -0.2) is 0 Å². The van der Waals surface area contributed by atoms with Gasteiger partial charge in [0.2, 0.25) is 11.8 Å². The zero-order valence-electron chi connectivity index (χ0n) is 22.7. The third-order valence-corrected chi connectivity index (χ3v) is 7.30. The van der Waals surface area contributed by atoms with Gasteiger partial charge in [-0.3, -0.25) is 9.59 Å². The number of rotatable bonds is 12. The van der Waals surface area contributed by atoms with E-state index in [-0.39, 0.29) is 43.4 Å². The Morgan fingerprint density at radius 1 is 0.925 bits per heavy atom.